The van der Waals surface area contributed by atoms with Crippen molar-refractivity contribution in [2.75, 3.05) is 13.2 Å². The summed E-state index contributed by atoms with van der Waals surface area (Å²) in [5.74, 6) is -2.16. The maximum atomic E-state index is 11.6. The van der Waals surface area contributed by atoms with Gasteiger partial charge in [0.2, 0.25) is 5.79 Å². The Hall–Kier alpha value is -1.10. The Bertz CT molecular complexity index is 303. The number of hydrogen-bond donors (Lipinski definition) is 0. The zero-order valence-electron chi connectivity index (χ0n) is 11.5. The molecule has 1 unspecified atom stereocenters. The molecule has 0 aromatic rings. The Labute approximate surface area is 108 Å². The van der Waals surface area contributed by atoms with Crippen molar-refractivity contribution in [2.24, 2.45) is 11.8 Å². The second-order valence-electron chi connectivity index (χ2n) is 5.20. The van der Waals surface area contributed by atoms with E-state index >= 15 is 0 Å². The van der Waals surface area contributed by atoms with Crippen molar-refractivity contribution in [2.45, 2.75) is 46.3 Å². The number of ether oxygens (including phenoxy) is 3. The normalized spacial score (nSPS) is 23.4. The topological polar surface area (TPSA) is 61.8 Å². The molecular formula is C13H22O5. The van der Waals surface area contributed by atoms with Gasteiger partial charge >= 0.3 is 11.9 Å². The molecule has 1 aliphatic heterocycles. The molecule has 0 N–H and O–H groups in total. The van der Waals surface area contributed by atoms with Gasteiger partial charge in [-0.25, -0.2) is 0 Å². The van der Waals surface area contributed by atoms with E-state index in [2.05, 4.69) is 0 Å². The van der Waals surface area contributed by atoms with E-state index in [1.54, 1.807) is 27.7 Å². The van der Waals surface area contributed by atoms with Crippen LogP contribution in [0.2, 0.25) is 0 Å². The van der Waals surface area contributed by atoms with Gasteiger partial charge in [-0.3, -0.25) is 9.59 Å². The number of rotatable bonds is 5. The highest BCUT2D eigenvalue weighted by Crippen LogP contribution is 2.28. The van der Waals surface area contributed by atoms with Crippen LogP contribution in [-0.2, 0) is 23.8 Å². The molecule has 0 aromatic heterocycles. The summed E-state index contributed by atoms with van der Waals surface area (Å²) < 4.78 is 16.0. The molecule has 1 aliphatic rings. The van der Waals surface area contributed by atoms with E-state index in [-0.39, 0.29) is 30.4 Å². The molecule has 104 valence electrons. The van der Waals surface area contributed by atoms with Crippen molar-refractivity contribution in [3.63, 3.8) is 0 Å². The van der Waals surface area contributed by atoms with Crippen LogP contribution in [0.1, 0.15) is 40.5 Å². The maximum absolute atomic E-state index is 11.6. The monoisotopic (exact) mass is 258 g/mol. The van der Waals surface area contributed by atoms with Gasteiger partial charge in [-0.05, 0) is 6.42 Å². The van der Waals surface area contributed by atoms with E-state index in [9.17, 15) is 9.59 Å². The third kappa shape index (κ3) is 3.98. The molecule has 0 bridgehead atoms. The van der Waals surface area contributed by atoms with Crippen LogP contribution in [0.15, 0.2) is 0 Å². The minimum Gasteiger partial charge on any atom is -0.458 e. The first-order valence-corrected chi connectivity index (χ1v) is 6.40. The maximum Gasteiger partial charge on any atom is 0.311 e. The van der Waals surface area contributed by atoms with Crippen molar-refractivity contribution in [1.29, 1.82) is 0 Å². The Morgan fingerprint density at radius 1 is 1.17 bits per heavy atom. The van der Waals surface area contributed by atoms with Crippen LogP contribution >= 0.6 is 0 Å². The molecule has 5 nitrogen and oxygen atoms in total. The largest absolute Gasteiger partial charge is 0.458 e. The molecule has 1 fully saturated rings. The first kappa shape index (κ1) is 15.0. The van der Waals surface area contributed by atoms with Crippen LogP contribution in [0, 0.1) is 11.8 Å². The molecule has 0 spiro atoms. The van der Waals surface area contributed by atoms with Gasteiger partial charge in [0.25, 0.3) is 0 Å². The van der Waals surface area contributed by atoms with Gasteiger partial charge in [-0.1, -0.05) is 27.7 Å². The number of esters is 2. The molecule has 0 radical (unpaired) electrons. The van der Waals surface area contributed by atoms with Crippen molar-refractivity contribution < 1.29 is 23.8 Å². The Morgan fingerprint density at radius 3 is 2.22 bits per heavy atom. The fourth-order valence-corrected chi connectivity index (χ4v) is 1.54. The predicted octanol–water partition coefficient (Wildman–Crippen LogP) is 1.89. The summed E-state index contributed by atoms with van der Waals surface area (Å²) in [5, 5.41) is 0. The van der Waals surface area contributed by atoms with Crippen molar-refractivity contribution in [3.05, 3.63) is 0 Å². The van der Waals surface area contributed by atoms with Gasteiger partial charge in [-0.2, -0.15) is 0 Å². The highest BCUT2D eigenvalue weighted by molar-refractivity contribution is 5.72. The lowest BCUT2D eigenvalue weighted by Gasteiger charge is -2.28. The summed E-state index contributed by atoms with van der Waals surface area (Å²) in [4.78, 5) is 23.1. The van der Waals surface area contributed by atoms with E-state index < -0.39 is 5.79 Å². The smallest absolute Gasteiger partial charge is 0.311 e. The number of carbonyl (C=O) groups is 2. The van der Waals surface area contributed by atoms with Crippen LogP contribution in [0.4, 0.5) is 0 Å². The molecule has 1 atom stereocenters. The third-order valence-electron chi connectivity index (χ3n) is 2.73. The molecule has 5 heteroatoms. The first-order valence-electron chi connectivity index (χ1n) is 6.40. The Balaban J connectivity index is 2.58. The molecule has 18 heavy (non-hydrogen) atoms. The quantitative estimate of drug-likeness (QED) is 0.705. The molecule has 0 aliphatic carbocycles. The van der Waals surface area contributed by atoms with Gasteiger partial charge in [0.05, 0.1) is 18.4 Å². The van der Waals surface area contributed by atoms with E-state index in [1.165, 1.54) is 0 Å². The van der Waals surface area contributed by atoms with Gasteiger partial charge in [-0.15, -0.1) is 0 Å². The van der Waals surface area contributed by atoms with Crippen LogP contribution in [0.25, 0.3) is 0 Å². The summed E-state index contributed by atoms with van der Waals surface area (Å²) in [6, 6.07) is 0. The third-order valence-corrected chi connectivity index (χ3v) is 2.73. The SMILES string of the molecule is CC(C)C(=O)OCC1(OC(=O)C(C)C)CCCO1. The predicted molar refractivity (Wildman–Crippen MR) is 64.6 cm³/mol. The van der Waals surface area contributed by atoms with Crippen LogP contribution in [0.5, 0.6) is 0 Å². The van der Waals surface area contributed by atoms with Crippen molar-refractivity contribution in [3.8, 4) is 0 Å². The summed E-state index contributed by atoms with van der Waals surface area (Å²) in [7, 11) is 0. The minimum absolute atomic E-state index is 0.0253. The molecule has 0 saturated carbocycles. The van der Waals surface area contributed by atoms with E-state index in [4.69, 9.17) is 14.2 Å². The lowest BCUT2D eigenvalue weighted by atomic mass is 10.1. The average Bonchev–Trinajstić information content (AvgIpc) is 2.74. The number of hydrogen-bond acceptors (Lipinski definition) is 5. The lowest BCUT2D eigenvalue weighted by molar-refractivity contribution is -0.235. The summed E-state index contributed by atoms with van der Waals surface area (Å²) in [6.07, 6.45) is 1.36. The minimum atomic E-state index is -1.08. The van der Waals surface area contributed by atoms with E-state index in [1.807, 2.05) is 0 Å². The molecular weight excluding hydrogens is 236 g/mol. The van der Waals surface area contributed by atoms with Gasteiger partial charge in [0, 0.05) is 6.42 Å². The van der Waals surface area contributed by atoms with Crippen molar-refractivity contribution >= 4 is 11.9 Å². The molecule has 1 rings (SSSR count). The van der Waals surface area contributed by atoms with E-state index in [0.717, 1.165) is 6.42 Å². The van der Waals surface area contributed by atoms with Gasteiger partial charge < -0.3 is 14.2 Å². The standard InChI is InChI=1S/C13H22O5/c1-9(2)11(14)16-8-13(6-5-7-17-13)18-12(15)10(3)4/h9-10H,5-8H2,1-4H3. The molecule has 1 heterocycles. The molecule has 1 saturated heterocycles. The summed E-state index contributed by atoms with van der Waals surface area (Å²) >= 11 is 0. The van der Waals surface area contributed by atoms with Crippen LogP contribution in [-0.4, -0.2) is 30.9 Å². The fourth-order valence-electron chi connectivity index (χ4n) is 1.54. The second-order valence-corrected chi connectivity index (χ2v) is 5.20. The first-order chi connectivity index (χ1) is 8.36. The molecule has 0 aromatic carbocycles. The van der Waals surface area contributed by atoms with Gasteiger partial charge in [0.1, 0.15) is 0 Å². The zero-order chi connectivity index (χ0) is 13.8. The Morgan fingerprint density at radius 2 is 1.78 bits per heavy atom. The lowest BCUT2D eigenvalue weighted by Crippen LogP contribution is -2.41. The zero-order valence-corrected chi connectivity index (χ0v) is 11.5. The van der Waals surface area contributed by atoms with E-state index in [0.29, 0.717) is 13.0 Å². The number of carbonyl (C=O) groups excluding carboxylic acids is 2. The molecule has 0 amide bonds. The highest BCUT2D eigenvalue weighted by atomic mass is 16.7. The fraction of sp³-hybridized carbons (Fsp3) is 0.846. The Kier molecular flexibility index (Phi) is 5.14. The van der Waals surface area contributed by atoms with Crippen LogP contribution < -0.4 is 0 Å². The van der Waals surface area contributed by atoms with Gasteiger partial charge in [0.15, 0.2) is 6.61 Å². The second kappa shape index (κ2) is 6.18. The van der Waals surface area contributed by atoms with Crippen molar-refractivity contribution in [1.82, 2.24) is 0 Å². The summed E-state index contributed by atoms with van der Waals surface area (Å²) in [6.45, 7) is 7.51. The summed E-state index contributed by atoms with van der Waals surface area (Å²) in [5.41, 5.74) is 0. The van der Waals surface area contributed by atoms with Crippen LogP contribution in [0.3, 0.4) is 0 Å². The highest BCUT2D eigenvalue weighted by Gasteiger charge is 2.41. The average molecular weight is 258 g/mol.